The number of benzene rings is 1. The molecule has 0 saturated heterocycles. The largest absolute Gasteiger partial charge is 0.508 e. The number of rotatable bonds is 3. The topological polar surface area (TPSA) is 86.2 Å². The van der Waals surface area contributed by atoms with Gasteiger partial charge in [0.1, 0.15) is 12.4 Å². The summed E-state index contributed by atoms with van der Waals surface area (Å²) in [5.41, 5.74) is 6.15. The molecule has 0 unspecified atom stereocenters. The van der Waals surface area contributed by atoms with Crippen LogP contribution < -0.4 is 10.6 Å². The minimum atomic E-state index is 0.177. The number of nitrogens with zero attached hydrogens (tertiary/aromatic N) is 3. The number of aromatic hydroxyl groups is 1. The van der Waals surface area contributed by atoms with E-state index in [9.17, 15) is 5.11 Å². The average Bonchev–Trinajstić information content (AvgIpc) is 2.63. The first-order chi connectivity index (χ1) is 7.27. The number of hydrogen-bond donors (Lipinski definition) is 2. The van der Waals surface area contributed by atoms with E-state index in [0.29, 0.717) is 11.4 Å². The van der Waals surface area contributed by atoms with Gasteiger partial charge in [-0.3, -0.25) is 0 Å². The van der Waals surface area contributed by atoms with Gasteiger partial charge in [0, 0.05) is 5.56 Å². The number of nitrogen functional groups attached to an aromatic ring is 1. The van der Waals surface area contributed by atoms with Crippen LogP contribution in [0.4, 0.5) is 5.82 Å². The van der Waals surface area contributed by atoms with E-state index in [-0.39, 0.29) is 12.4 Å². The van der Waals surface area contributed by atoms with Crippen molar-refractivity contribution >= 4 is 5.82 Å². The van der Waals surface area contributed by atoms with Crippen molar-refractivity contribution in [2.24, 2.45) is 0 Å². The number of phenolic OH excluding ortho intramolecular Hbond substituents is 1. The van der Waals surface area contributed by atoms with Gasteiger partial charge in [-0.05, 0) is 11.3 Å². The van der Waals surface area contributed by atoms with Crippen LogP contribution in [0, 0.1) is 0 Å². The molecular formula is C9H10N4O2. The molecule has 0 amide bonds. The smallest absolute Gasteiger partial charge is 0.183 e. The fourth-order valence-electron chi connectivity index (χ4n) is 1.10. The van der Waals surface area contributed by atoms with Crippen LogP contribution in [0.2, 0.25) is 0 Å². The van der Waals surface area contributed by atoms with Gasteiger partial charge in [0.25, 0.3) is 0 Å². The number of anilines is 1. The number of nitrogens with two attached hydrogens (primary N) is 1. The van der Waals surface area contributed by atoms with Gasteiger partial charge < -0.3 is 15.7 Å². The SMILES string of the molecule is Nc1cnnn1OCc1ccccc1O. The van der Waals surface area contributed by atoms with Crippen molar-refractivity contribution in [1.29, 1.82) is 0 Å². The van der Waals surface area contributed by atoms with Crippen molar-refractivity contribution in [3.63, 3.8) is 0 Å². The van der Waals surface area contributed by atoms with Gasteiger partial charge in [-0.1, -0.05) is 23.0 Å². The van der Waals surface area contributed by atoms with Crippen molar-refractivity contribution in [3.05, 3.63) is 36.0 Å². The Morgan fingerprint density at radius 2 is 2.20 bits per heavy atom. The molecule has 0 saturated carbocycles. The lowest BCUT2D eigenvalue weighted by Gasteiger charge is -2.06. The summed E-state index contributed by atoms with van der Waals surface area (Å²) in [6.07, 6.45) is 1.38. The molecule has 0 bridgehead atoms. The maximum atomic E-state index is 9.45. The van der Waals surface area contributed by atoms with Crippen molar-refractivity contribution in [1.82, 2.24) is 15.2 Å². The molecule has 6 heteroatoms. The highest BCUT2D eigenvalue weighted by Gasteiger charge is 2.03. The minimum Gasteiger partial charge on any atom is -0.508 e. The monoisotopic (exact) mass is 206 g/mol. The zero-order chi connectivity index (χ0) is 10.7. The van der Waals surface area contributed by atoms with Crippen LogP contribution in [0.15, 0.2) is 30.5 Å². The zero-order valence-corrected chi connectivity index (χ0v) is 7.87. The molecule has 0 aliphatic heterocycles. The predicted octanol–water partition coefficient (Wildman–Crippen LogP) is 0.195. The van der Waals surface area contributed by atoms with Crippen LogP contribution in [0.25, 0.3) is 0 Å². The van der Waals surface area contributed by atoms with E-state index in [4.69, 9.17) is 10.6 Å². The molecule has 0 spiro atoms. The molecule has 15 heavy (non-hydrogen) atoms. The van der Waals surface area contributed by atoms with Gasteiger partial charge in [0.2, 0.25) is 0 Å². The average molecular weight is 206 g/mol. The Balaban J connectivity index is 2.06. The van der Waals surface area contributed by atoms with Gasteiger partial charge in [0.05, 0.1) is 6.20 Å². The summed E-state index contributed by atoms with van der Waals surface area (Å²) in [5.74, 6) is 0.488. The van der Waals surface area contributed by atoms with E-state index < -0.39 is 0 Å². The van der Waals surface area contributed by atoms with Crippen molar-refractivity contribution in [3.8, 4) is 5.75 Å². The van der Waals surface area contributed by atoms with Crippen molar-refractivity contribution in [2.45, 2.75) is 6.61 Å². The number of aromatic nitrogens is 3. The Kier molecular flexibility index (Phi) is 2.40. The molecule has 2 aromatic rings. The summed E-state index contributed by atoms with van der Waals surface area (Å²) < 4.78 is 0. The highest BCUT2D eigenvalue weighted by molar-refractivity contribution is 5.31. The lowest BCUT2D eigenvalue weighted by molar-refractivity contribution is 0.0696. The Morgan fingerprint density at radius 1 is 1.40 bits per heavy atom. The summed E-state index contributed by atoms with van der Waals surface area (Å²) in [7, 11) is 0. The lowest BCUT2D eigenvalue weighted by Crippen LogP contribution is -2.15. The molecule has 6 nitrogen and oxygen atoms in total. The van der Waals surface area contributed by atoms with Crippen molar-refractivity contribution < 1.29 is 9.94 Å². The molecule has 1 aromatic carbocycles. The zero-order valence-electron chi connectivity index (χ0n) is 7.87. The fraction of sp³-hybridized carbons (Fsp3) is 0.111. The second kappa shape index (κ2) is 3.87. The Hall–Kier alpha value is -2.24. The minimum absolute atomic E-state index is 0.177. The molecule has 0 aliphatic carbocycles. The Bertz CT molecular complexity index is 455. The highest BCUT2D eigenvalue weighted by Crippen LogP contribution is 2.15. The van der Waals surface area contributed by atoms with Gasteiger partial charge in [-0.25, -0.2) is 0 Å². The quantitative estimate of drug-likeness (QED) is 0.748. The summed E-state index contributed by atoms with van der Waals surface area (Å²) in [5, 5.41) is 16.6. The Labute approximate surface area is 85.9 Å². The first-order valence-corrected chi connectivity index (χ1v) is 4.33. The molecule has 0 fully saturated rings. The van der Waals surface area contributed by atoms with E-state index in [1.54, 1.807) is 18.2 Å². The summed E-state index contributed by atoms with van der Waals surface area (Å²) >= 11 is 0. The van der Waals surface area contributed by atoms with Crippen LogP contribution in [0.1, 0.15) is 5.56 Å². The molecule has 0 atom stereocenters. The fourth-order valence-corrected chi connectivity index (χ4v) is 1.10. The van der Waals surface area contributed by atoms with Crippen LogP contribution in [0.5, 0.6) is 5.75 Å². The normalized spacial score (nSPS) is 10.1. The summed E-state index contributed by atoms with van der Waals surface area (Å²) in [6.45, 7) is 0.181. The third-order valence-electron chi connectivity index (χ3n) is 1.88. The molecule has 0 aliphatic rings. The standard InChI is InChI=1S/C9H10N4O2/c10-9-5-11-12-13(9)15-6-7-3-1-2-4-8(7)14/h1-5,14H,6,10H2. The van der Waals surface area contributed by atoms with E-state index in [1.807, 2.05) is 6.07 Å². The molecular weight excluding hydrogens is 196 g/mol. The maximum absolute atomic E-state index is 9.45. The maximum Gasteiger partial charge on any atom is 0.183 e. The second-order valence-electron chi connectivity index (χ2n) is 2.93. The van der Waals surface area contributed by atoms with Gasteiger partial charge >= 0.3 is 0 Å². The van der Waals surface area contributed by atoms with Gasteiger partial charge in [-0.2, -0.15) is 0 Å². The van der Waals surface area contributed by atoms with Crippen LogP contribution in [-0.2, 0) is 6.61 Å². The number of para-hydroxylation sites is 1. The third kappa shape index (κ3) is 1.98. The van der Waals surface area contributed by atoms with Gasteiger partial charge in [0.15, 0.2) is 5.82 Å². The summed E-state index contributed by atoms with van der Waals surface area (Å²) in [4.78, 5) is 6.31. The van der Waals surface area contributed by atoms with E-state index in [2.05, 4.69) is 10.3 Å². The molecule has 2 rings (SSSR count). The predicted molar refractivity (Wildman–Crippen MR) is 52.8 cm³/mol. The molecule has 0 radical (unpaired) electrons. The van der Waals surface area contributed by atoms with E-state index in [0.717, 1.165) is 4.85 Å². The lowest BCUT2D eigenvalue weighted by atomic mass is 10.2. The first-order valence-electron chi connectivity index (χ1n) is 4.33. The number of phenols is 1. The third-order valence-corrected chi connectivity index (χ3v) is 1.88. The second-order valence-corrected chi connectivity index (χ2v) is 2.93. The van der Waals surface area contributed by atoms with Crippen LogP contribution in [0.3, 0.4) is 0 Å². The Morgan fingerprint density at radius 3 is 2.87 bits per heavy atom. The van der Waals surface area contributed by atoms with Crippen LogP contribution in [-0.4, -0.2) is 20.3 Å². The molecule has 1 aromatic heterocycles. The molecule has 3 N–H and O–H groups in total. The molecule has 1 heterocycles. The summed E-state index contributed by atoms with van der Waals surface area (Å²) in [6, 6.07) is 6.89. The number of hydrogen-bond acceptors (Lipinski definition) is 5. The van der Waals surface area contributed by atoms with Crippen molar-refractivity contribution in [2.75, 3.05) is 5.73 Å². The molecule has 78 valence electrons. The first kappa shape index (κ1) is 9.32. The van der Waals surface area contributed by atoms with Gasteiger partial charge in [-0.15, -0.1) is 5.10 Å². The van der Waals surface area contributed by atoms with E-state index >= 15 is 0 Å². The highest BCUT2D eigenvalue weighted by atomic mass is 16.7. The van der Waals surface area contributed by atoms with Crippen LogP contribution >= 0.6 is 0 Å². The van der Waals surface area contributed by atoms with E-state index in [1.165, 1.54) is 6.20 Å².